The lowest BCUT2D eigenvalue weighted by Crippen LogP contribution is -2.44. The normalized spacial score (nSPS) is 13.9. The van der Waals surface area contributed by atoms with Crippen LogP contribution in [-0.2, 0) is 6.42 Å². The van der Waals surface area contributed by atoms with Crippen LogP contribution in [0.2, 0.25) is 5.02 Å². The Kier molecular flexibility index (Phi) is 10.6. The molecule has 0 aliphatic carbocycles. The highest BCUT2D eigenvalue weighted by molar-refractivity contribution is 6.30. The number of aromatic amines is 1. The van der Waals surface area contributed by atoms with Crippen LogP contribution in [0.25, 0.3) is 5.65 Å². The molecule has 32 heavy (non-hydrogen) atoms. The van der Waals surface area contributed by atoms with E-state index < -0.39 is 0 Å². The van der Waals surface area contributed by atoms with Crippen molar-refractivity contribution in [3.05, 3.63) is 57.6 Å². The number of anilines is 1. The second kappa shape index (κ2) is 12.9. The van der Waals surface area contributed by atoms with Gasteiger partial charge in [-0.3, -0.25) is 4.90 Å². The van der Waals surface area contributed by atoms with Crippen LogP contribution in [0.5, 0.6) is 5.75 Å². The summed E-state index contributed by atoms with van der Waals surface area (Å²) in [7, 11) is 0. The Morgan fingerprint density at radius 1 is 1.19 bits per heavy atom. The summed E-state index contributed by atoms with van der Waals surface area (Å²) in [6.07, 6.45) is 3.41. The van der Waals surface area contributed by atoms with Gasteiger partial charge in [-0.25, -0.2) is 14.3 Å². The molecule has 176 valence electrons. The lowest BCUT2D eigenvalue weighted by atomic mass is 10.1. The molecule has 3 heterocycles. The van der Waals surface area contributed by atoms with Crippen LogP contribution < -0.4 is 21.1 Å². The summed E-state index contributed by atoms with van der Waals surface area (Å²) in [5.74, 6) is 0.919. The van der Waals surface area contributed by atoms with Gasteiger partial charge in [-0.2, -0.15) is 5.10 Å². The second-order valence-electron chi connectivity index (χ2n) is 7.41. The summed E-state index contributed by atoms with van der Waals surface area (Å²) >= 11 is 6.11. The molecule has 2 aromatic heterocycles. The van der Waals surface area contributed by atoms with Crippen molar-refractivity contribution < 1.29 is 4.74 Å². The Labute approximate surface area is 204 Å². The molecule has 0 spiro atoms. The Hall–Kier alpha value is -1.97. The zero-order valence-corrected chi connectivity index (χ0v) is 20.1. The molecule has 1 aliphatic heterocycles. The number of H-pyrrole nitrogens is 1. The van der Waals surface area contributed by atoms with Crippen molar-refractivity contribution in [1.82, 2.24) is 24.8 Å². The van der Waals surface area contributed by atoms with Gasteiger partial charge in [0.25, 0.3) is 0 Å². The van der Waals surface area contributed by atoms with Crippen LogP contribution in [0.3, 0.4) is 0 Å². The minimum absolute atomic E-state index is 0. The van der Waals surface area contributed by atoms with Crippen molar-refractivity contribution in [2.24, 2.45) is 0 Å². The summed E-state index contributed by atoms with van der Waals surface area (Å²) in [5.41, 5.74) is 2.23. The molecule has 0 saturated carbocycles. The minimum Gasteiger partial charge on any atom is -0.492 e. The van der Waals surface area contributed by atoms with Gasteiger partial charge < -0.3 is 15.4 Å². The third kappa shape index (κ3) is 7.02. The van der Waals surface area contributed by atoms with E-state index in [1.165, 1.54) is 9.96 Å². The number of pyridine rings is 1. The Morgan fingerprint density at radius 3 is 2.81 bits per heavy atom. The first-order chi connectivity index (χ1) is 14.7. The number of nitrogens with zero attached hydrogens (tertiary/aromatic N) is 3. The maximum absolute atomic E-state index is 11.7. The van der Waals surface area contributed by atoms with Gasteiger partial charge in [0.05, 0.1) is 10.7 Å². The fourth-order valence-electron chi connectivity index (χ4n) is 3.64. The number of halogens is 3. The highest BCUT2D eigenvalue weighted by Crippen LogP contribution is 2.20. The number of piperazine rings is 1. The van der Waals surface area contributed by atoms with Crippen LogP contribution in [0.15, 0.2) is 41.3 Å². The molecule has 11 heteroatoms. The van der Waals surface area contributed by atoms with Crippen molar-refractivity contribution in [2.45, 2.75) is 12.8 Å². The molecule has 3 aromatic rings. The molecule has 0 amide bonds. The van der Waals surface area contributed by atoms with Crippen molar-refractivity contribution in [2.75, 3.05) is 51.2 Å². The van der Waals surface area contributed by atoms with E-state index in [4.69, 9.17) is 16.3 Å². The first-order valence-corrected chi connectivity index (χ1v) is 10.7. The van der Waals surface area contributed by atoms with Gasteiger partial charge in [0, 0.05) is 45.5 Å². The third-order valence-electron chi connectivity index (χ3n) is 5.22. The summed E-state index contributed by atoms with van der Waals surface area (Å²) in [4.78, 5) is 14.2. The number of fused-ring (bicyclic) bond motifs is 1. The predicted molar refractivity (Wildman–Crippen MR) is 133 cm³/mol. The van der Waals surface area contributed by atoms with Crippen LogP contribution in [-0.4, -0.2) is 65.4 Å². The largest absolute Gasteiger partial charge is 0.492 e. The average Bonchev–Trinajstić information content (AvgIpc) is 3.13. The number of hydrogen-bond donors (Lipinski definition) is 3. The van der Waals surface area contributed by atoms with Gasteiger partial charge in [-0.05, 0) is 36.6 Å². The van der Waals surface area contributed by atoms with Gasteiger partial charge in [0.2, 0.25) is 0 Å². The average molecular weight is 504 g/mol. The molecule has 8 nitrogen and oxygen atoms in total. The predicted octanol–water partition coefficient (Wildman–Crippen LogP) is 2.85. The molecular weight excluding hydrogens is 475 g/mol. The zero-order valence-electron chi connectivity index (χ0n) is 17.7. The molecular formula is C21H29Cl3N6O2. The second-order valence-corrected chi connectivity index (χ2v) is 7.85. The Balaban J connectivity index is 0.00000181. The maximum atomic E-state index is 11.7. The van der Waals surface area contributed by atoms with Crippen LogP contribution >= 0.6 is 36.4 Å². The smallest absolute Gasteiger partial charge is 0.347 e. The van der Waals surface area contributed by atoms with E-state index in [1.807, 2.05) is 12.1 Å². The van der Waals surface area contributed by atoms with E-state index in [0.29, 0.717) is 17.3 Å². The SMILES string of the molecule is Cl.Cl.O=c1[nH]nc2c(NCCCc3cccc(OCCN4CCNCC4)c3)cc(Cl)cn12. The molecule has 1 aliphatic rings. The monoisotopic (exact) mass is 502 g/mol. The number of aryl methyl sites for hydroxylation is 1. The molecule has 0 atom stereocenters. The zero-order chi connectivity index (χ0) is 20.8. The van der Waals surface area contributed by atoms with Crippen LogP contribution in [0.4, 0.5) is 5.69 Å². The summed E-state index contributed by atoms with van der Waals surface area (Å²) in [6.45, 7) is 6.69. The van der Waals surface area contributed by atoms with Crippen LogP contribution in [0.1, 0.15) is 12.0 Å². The minimum atomic E-state index is -0.302. The van der Waals surface area contributed by atoms with Crippen molar-refractivity contribution in [1.29, 1.82) is 0 Å². The van der Waals surface area contributed by atoms with E-state index in [0.717, 1.165) is 63.5 Å². The molecule has 1 fully saturated rings. The summed E-state index contributed by atoms with van der Waals surface area (Å²) in [5, 5.41) is 13.7. The lowest BCUT2D eigenvalue weighted by Gasteiger charge is -2.26. The number of aromatic nitrogens is 3. The van der Waals surface area contributed by atoms with Gasteiger partial charge in [-0.1, -0.05) is 23.7 Å². The van der Waals surface area contributed by atoms with Gasteiger partial charge in [0.15, 0.2) is 5.65 Å². The summed E-state index contributed by atoms with van der Waals surface area (Å²) < 4.78 is 7.36. The Morgan fingerprint density at radius 2 is 2.00 bits per heavy atom. The van der Waals surface area contributed by atoms with E-state index in [9.17, 15) is 4.79 Å². The Bertz CT molecular complexity index is 1040. The standard InChI is InChI=1S/C21H27ClN6O2.2ClH/c22-17-14-19(20-25-26-21(29)28(20)15-17)24-6-2-4-16-3-1-5-18(13-16)30-12-11-27-9-7-23-8-10-27;;/h1,3,5,13-15,23-24H,2,4,6-12H2,(H,26,29);2*1H. The highest BCUT2D eigenvalue weighted by Gasteiger charge is 2.09. The molecule has 0 bridgehead atoms. The van der Waals surface area contributed by atoms with E-state index in [-0.39, 0.29) is 30.5 Å². The molecule has 1 aromatic carbocycles. The topological polar surface area (TPSA) is 86.7 Å². The van der Waals surface area contributed by atoms with E-state index >= 15 is 0 Å². The van der Waals surface area contributed by atoms with Crippen LogP contribution in [0, 0.1) is 0 Å². The summed E-state index contributed by atoms with van der Waals surface area (Å²) in [6, 6.07) is 10.1. The van der Waals surface area contributed by atoms with Crippen molar-refractivity contribution >= 4 is 47.7 Å². The molecule has 4 rings (SSSR count). The number of rotatable bonds is 9. The molecule has 0 unspecified atom stereocenters. The lowest BCUT2D eigenvalue weighted by molar-refractivity contribution is 0.191. The van der Waals surface area contributed by atoms with Crippen molar-refractivity contribution in [3.63, 3.8) is 0 Å². The number of hydrogen-bond acceptors (Lipinski definition) is 6. The number of benzene rings is 1. The van der Waals surface area contributed by atoms with Gasteiger partial charge in [0.1, 0.15) is 12.4 Å². The molecule has 3 N–H and O–H groups in total. The number of ether oxygens (including phenoxy) is 1. The fraction of sp³-hybridized carbons (Fsp3) is 0.429. The maximum Gasteiger partial charge on any atom is 0.347 e. The van der Waals surface area contributed by atoms with Gasteiger partial charge >= 0.3 is 5.69 Å². The van der Waals surface area contributed by atoms with E-state index in [2.05, 4.69) is 37.9 Å². The highest BCUT2D eigenvalue weighted by atomic mass is 35.5. The first kappa shape index (κ1) is 26.3. The van der Waals surface area contributed by atoms with Gasteiger partial charge in [-0.15, -0.1) is 24.8 Å². The third-order valence-corrected chi connectivity index (χ3v) is 5.43. The first-order valence-electron chi connectivity index (χ1n) is 10.3. The number of nitrogens with one attached hydrogen (secondary N) is 3. The fourth-order valence-corrected chi connectivity index (χ4v) is 3.85. The molecule has 1 saturated heterocycles. The molecule has 0 radical (unpaired) electrons. The van der Waals surface area contributed by atoms with E-state index in [1.54, 1.807) is 12.3 Å². The van der Waals surface area contributed by atoms with Crippen molar-refractivity contribution in [3.8, 4) is 5.75 Å². The quantitative estimate of drug-likeness (QED) is 0.389.